The van der Waals surface area contributed by atoms with Crippen LogP contribution >= 0.6 is 0 Å². The summed E-state index contributed by atoms with van der Waals surface area (Å²) in [6, 6.07) is 15.0. The van der Waals surface area contributed by atoms with Crippen LogP contribution in [0.3, 0.4) is 0 Å². The number of rotatable bonds is 5. The summed E-state index contributed by atoms with van der Waals surface area (Å²) in [4.78, 5) is 12.3. The fourth-order valence-corrected chi connectivity index (χ4v) is 2.86. The van der Waals surface area contributed by atoms with Gasteiger partial charge in [0.05, 0.1) is 6.04 Å². The maximum Gasteiger partial charge on any atom is 0.220 e. The third-order valence-electron chi connectivity index (χ3n) is 4.87. The molecule has 0 bridgehead atoms. The van der Waals surface area contributed by atoms with Crippen molar-refractivity contribution in [1.29, 1.82) is 0 Å². The van der Waals surface area contributed by atoms with Crippen molar-refractivity contribution in [3.63, 3.8) is 0 Å². The predicted molar refractivity (Wildman–Crippen MR) is 106 cm³/mol. The van der Waals surface area contributed by atoms with Crippen LogP contribution < -0.4 is 5.32 Å². The molecule has 1 N–H and O–H groups in total. The molecule has 0 fully saturated rings. The standard InChI is InChI=1S/C23H31NO/c1-16-7-11-20(15-17(16)2)18(3)24-22(25)14-10-19-8-12-21(13-9-19)23(4,5)6/h7-9,11-13,15,18H,10,14H2,1-6H3,(H,24,25). The topological polar surface area (TPSA) is 29.1 Å². The Morgan fingerprint density at radius 3 is 2.20 bits per heavy atom. The van der Waals surface area contributed by atoms with Gasteiger partial charge in [-0.15, -0.1) is 0 Å². The second kappa shape index (κ2) is 7.86. The van der Waals surface area contributed by atoms with E-state index in [1.165, 1.54) is 22.3 Å². The van der Waals surface area contributed by atoms with Gasteiger partial charge in [-0.25, -0.2) is 0 Å². The molecule has 2 aromatic carbocycles. The van der Waals surface area contributed by atoms with Crippen molar-refractivity contribution in [2.45, 2.75) is 65.8 Å². The zero-order valence-electron chi connectivity index (χ0n) is 16.4. The maximum absolute atomic E-state index is 12.3. The summed E-state index contributed by atoms with van der Waals surface area (Å²) in [6.07, 6.45) is 1.29. The second-order valence-corrected chi connectivity index (χ2v) is 8.08. The molecule has 2 nitrogen and oxygen atoms in total. The summed E-state index contributed by atoms with van der Waals surface area (Å²) in [6.45, 7) is 12.9. The molecule has 0 aromatic heterocycles. The van der Waals surface area contributed by atoms with Gasteiger partial charge in [0, 0.05) is 6.42 Å². The molecule has 0 aliphatic heterocycles. The zero-order valence-corrected chi connectivity index (χ0v) is 16.4. The fraction of sp³-hybridized carbons (Fsp3) is 0.435. The normalized spacial score (nSPS) is 12.7. The van der Waals surface area contributed by atoms with Gasteiger partial charge in [-0.05, 0) is 60.4 Å². The van der Waals surface area contributed by atoms with Crippen molar-refractivity contribution in [2.24, 2.45) is 0 Å². The molecule has 2 rings (SSSR count). The number of hydrogen-bond acceptors (Lipinski definition) is 1. The van der Waals surface area contributed by atoms with Crippen LogP contribution in [0.1, 0.15) is 68.0 Å². The van der Waals surface area contributed by atoms with Crippen LogP contribution in [0.2, 0.25) is 0 Å². The Morgan fingerprint density at radius 1 is 1.00 bits per heavy atom. The quantitative estimate of drug-likeness (QED) is 0.776. The number of hydrogen-bond donors (Lipinski definition) is 1. The van der Waals surface area contributed by atoms with Gasteiger partial charge in [0.2, 0.25) is 5.91 Å². The van der Waals surface area contributed by atoms with Crippen LogP contribution in [0.25, 0.3) is 0 Å². The molecule has 2 heteroatoms. The molecule has 0 saturated heterocycles. The van der Waals surface area contributed by atoms with E-state index >= 15 is 0 Å². The smallest absolute Gasteiger partial charge is 0.220 e. The first-order valence-corrected chi connectivity index (χ1v) is 9.13. The third-order valence-corrected chi connectivity index (χ3v) is 4.87. The van der Waals surface area contributed by atoms with Crippen molar-refractivity contribution in [2.75, 3.05) is 0 Å². The largest absolute Gasteiger partial charge is 0.350 e. The van der Waals surface area contributed by atoms with Gasteiger partial charge in [-0.1, -0.05) is 63.2 Å². The average molecular weight is 338 g/mol. The minimum atomic E-state index is 0.0371. The van der Waals surface area contributed by atoms with Crippen LogP contribution in [0, 0.1) is 13.8 Å². The Labute approximate surface area is 152 Å². The number of aryl methyl sites for hydroxylation is 3. The van der Waals surface area contributed by atoms with E-state index in [1.54, 1.807) is 0 Å². The zero-order chi connectivity index (χ0) is 18.6. The highest BCUT2D eigenvalue weighted by molar-refractivity contribution is 5.76. The average Bonchev–Trinajstić information content (AvgIpc) is 2.55. The first kappa shape index (κ1) is 19.2. The Kier molecular flexibility index (Phi) is 6.05. The summed E-state index contributed by atoms with van der Waals surface area (Å²) < 4.78 is 0. The summed E-state index contributed by atoms with van der Waals surface area (Å²) in [5.74, 6) is 0.102. The fourth-order valence-electron chi connectivity index (χ4n) is 2.86. The molecular weight excluding hydrogens is 306 g/mol. The molecule has 0 aliphatic carbocycles. The Hall–Kier alpha value is -2.09. The van der Waals surface area contributed by atoms with E-state index in [9.17, 15) is 4.79 Å². The highest BCUT2D eigenvalue weighted by Gasteiger charge is 2.13. The first-order valence-electron chi connectivity index (χ1n) is 9.13. The molecule has 0 aliphatic rings. The number of carbonyl (C=O) groups is 1. The molecule has 0 heterocycles. The van der Waals surface area contributed by atoms with Crippen LogP contribution in [-0.2, 0) is 16.6 Å². The monoisotopic (exact) mass is 337 g/mol. The van der Waals surface area contributed by atoms with Crippen molar-refractivity contribution < 1.29 is 4.79 Å². The number of amides is 1. The van der Waals surface area contributed by atoms with Crippen LogP contribution in [0.4, 0.5) is 0 Å². The lowest BCUT2D eigenvalue weighted by Gasteiger charge is -2.19. The molecule has 0 spiro atoms. The molecule has 134 valence electrons. The van der Waals surface area contributed by atoms with Crippen molar-refractivity contribution in [1.82, 2.24) is 5.32 Å². The Bertz CT molecular complexity index is 723. The number of benzene rings is 2. The Morgan fingerprint density at radius 2 is 1.64 bits per heavy atom. The van der Waals surface area contributed by atoms with E-state index in [4.69, 9.17) is 0 Å². The van der Waals surface area contributed by atoms with E-state index in [0.717, 1.165) is 12.0 Å². The highest BCUT2D eigenvalue weighted by atomic mass is 16.1. The van der Waals surface area contributed by atoms with Gasteiger partial charge in [0.1, 0.15) is 0 Å². The highest BCUT2D eigenvalue weighted by Crippen LogP contribution is 2.22. The molecule has 0 saturated carbocycles. The van der Waals surface area contributed by atoms with Crippen molar-refractivity contribution >= 4 is 5.91 Å². The lowest BCUT2D eigenvalue weighted by Crippen LogP contribution is -2.26. The van der Waals surface area contributed by atoms with E-state index in [2.05, 4.69) is 82.4 Å². The molecule has 1 unspecified atom stereocenters. The number of nitrogens with one attached hydrogen (secondary N) is 1. The maximum atomic E-state index is 12.3. The van der Waals surface area contributed by atoms with Gasteiger partial charge in [0.15, 0.2) is 0 Å². The van der Waals surface area contributed by atoms with E-state index in [-0.39, 0.29) is 17.4 Å². The van der Waals surface area contributed by atoms with Gasteiger partial charge < -0.3 is 5.32 Å². The summed E-state index contributed by atoms with van der Waals surface area (Å²) in [7, 11) is 0. The van der Waals surface area contributed by atoms with E-state index in [1.807, 2.05) is 6.92 Å². The SMILES string of the molecule is Cc1ccc(C(C)NC(=O)CCc2ccc(C(C)(C)C)cc2)cc1C. The van der Waals surface area contributed by atoms with Crippen LogP contribution in [-0.4, -0.2) is 5.91 Å². The van der Waals surface area contributed by atoms with Gasteiger partial charge in [-0.2, -0.15) is 0 Å². The van der Waals surface area contributed by atoms with Crippen molar-refractivity contribution in [3.8, 4) is 0 Å². The lowest BCUT2D eigenvalue weighted by atomic mass is 9.86. The van der Waals surface area contributed by atoms with Gasteiger partial charge >= 0.3 is 0 Å². The number of carbonyl (C=O) groups excluding carboxylic acids is 1. The van der Waals surface area contributed by atoms with E-state index in [0.29, 0.717) is 6.42 Å². The van der Waals surface area contributed by atoms with E-state index < -0.39 is 0 Å². The molecule has 25 heavy (non-hydrogen) atoms. The van der Waals surface area contributed by atoms with Gasteiger partial charge in [0.25, 0.3) is 0 Å². The second-order valence-electron chi connectivity index (χ2n) is 8.08. The van der Waals surface area contributed by atoms with Crippen LogP contribution in [0.15, 0.2) is 42.5 Å². The summed E-state index contributed by atoms with van der Waals surface area (Å²) in [5, 5.41) is 3.11. The molecule has 1 amide bonds. The Balaban J connectivity index is 1.88. The lowest BCUT2D eigenvalue weighted by molar-refractivity contribution is -0.121. The third kappa shape index (κ3) is 5.45. The predicted octanol–water partition coefficient (Wildman–Crippen LogP) is 5.41. The van der Waals surface area contributed by atoms with Gasteiger partial charge in [-0.3, -0.25) is 4.79 Å². The molecule has 1 atom stereocenters. The molecular formula is C23H31NO. The first-order chi connectivity index (χ1) is 11.7. The van der Waals surface area contributed by atoms with Crippen LogP contribution in [0.5, 0.6) is 0 Å². The molecule has 0 radical (unpaired) electrons. The summed E-state index contributed by atoms with van der Waals surface area (Å²) in [5.41, 5.74) is 6.40. The van der Waals surface area contributed by atoms with Crippen molar-refractivity contribution in [3.05, 3.63) is 70.3 Å². The minimum Gasteiger partial charge on any atom is -0.350 e. The summed E-state index contributed by atoms with van der Waals surface area (Å²) >= 11 is 0. The minimum absolute atomic E-state index is 0.0371. The molecule has 2 aromatic rings.